The number of aromatic nitrogens is 6. The molecule has 0 saturated carbocycles. The van der Waals surface area contributed by atoms with Gasteiger partial charge in [-0.2, -0.15) is 15.0 Å². The summed E-state index contributed by atoms with van der Waals surface area (Å²) in [5, 5.41) is 23.8. The molecule has 3 saturated heterocycles. The standard InChI is InChI=1S/C17H26FN3O4.C15H22FN3O6.C11H16FN3O2.C6H11ClO2/c1-5-6-7-8-24-17(23)20-14-13(18)9-21(16(22)19-14)15-11(3)10(2)12(4)25-15;1-3-4-5-6-24-15(23)18-12-9(16)7-19(14(22)17-12)13-11(21)10(20)8(2)25-13;1-5-6(2)10(17-7(5)3)15-4-8(12)9(13)14-11(15)16;1-2-3-4-5-9-6(7)8/h9-12,15H,5-8H2,1-4H3,(H,19,20,22,23);7-8,10-11,13,20-21H,3-6H2,1-2H3,(H,17,18,22,23);4-7,10H,1-3H3,(H2,13,14,16);2-5H2,1H3/t10-,11+,12+,15+;8-,10-,11-,13-;5-,6+,7+,10+;/m010./s1. The van der Waals surface area contributed by atoms with Crippen molar-refractivity contribution in [2.75, 3.05) is 36.2 Å². The monoisotopic (exact) mass is 1110 g/mol. The number of ether oxygens (including phenoxy) is 6. The Bertz CT molecular complexity index is 2410. The molecule has 23 nitrogen and oxygen atoms in total. The van der Waals surface area contributed by atoms with E-state index >= 15 is 0 Å². The number of aliphatic hydroxyl groups is 2. The molecule has 6 rings (SSSR count). The van der Waals surface area contributed by atoms with E-state index in [0.29, 0.717) is 18.9 Å². The first-order chi connectivity index (χ1) is 35.9. The lowest BCUT2D eigenvalue weighted by atomic mass is 9.93. The summed E-state index contributed by atoms with van der Waals surface area (Å²) in [4.78, 5) is 79.6. The number of nitrogens with one attached hydrogen (secondary N) is 2. The van der Waals surface area contributed by atoms with Gasteiger partial charge in [0.15, 0.2) is 41.1 Å². The highest BCUT2D eigenvalue weighted by atomic mass is 35.5. The molecule has 12 atom stereocenters. The average molecular weight is 1110 g/mol. The lowest BCUT2D eigenvalue weighted by molar-refractivity contribution is -0.0355. The third-order valence-corrected chi connectivity index (χ3v) is 13.3. The molecular weight excluding hydrogens is 1030 g/mol. The Hall–Kier alpha value is -5.67. The minimum absolute atomic E-state index is 0.0301. The molecule has 27 heteroatoms. The predicted molar refractivity (Wildman–Crippen MR) is 273 cm³/mol. The molecule has 0 radical (unpaired) electrons. The van der Waals surface area contributed by atoms with Gasteiger partial charge in [-0.05, 0) is 51.9 Å². The number of hydrogen-bond acceptors (Lipinski definition) is 18. The second-order valence-corrected chi connectivity index (χ2v) is 19.1. The van der Waals surface area contributed by atoms with Crippen LogP contribution in [-0.4, -0.2) is 107 Å². The molecule has 3 aliphatic heterocycles. The second-order valence-electron chi connectivity index (χ2n) is 18.8. The molecular formula is C49H75ClF3N9O14. The Morgan fingerprint density at radius 1 is 0.566 bits per heavy atom. The number of hydrogen-bond donors (Lipinski definition) is 5. The lowest BCUT2D eigenvalue weighted by Crippen LogP contribution is -2.36. The van der Waals surface area contributed by atoms with Crippen LogP contribution in [0.3, 0.4) is 0 Å². The number of carbonyl (C=O) groups is 3. The van der Waals surface area contributed by atoms with Crippen molar-refractivity contribution in [3.63, 3.8) is 0 Å². The molecule has 2 amide bonds. The lowest BCUT2D eigenvalue weighted by Gasteiger charge is -2.19. The smallest absolute Gasteiger partial charge is 0.412 e. The third-order valence-electron chi connectivity index (χ3n) is 13.2. The van der Waals surface area contributed by atoms with Gasteiger partial charge in [-0.1, -0.05) is 87.0 Å². The summed E-state index contributed by atoms with van der Waals surface area (Å²) in [6, 6.07) is 0. The van der Waals surface area contributed by atoms with Gasteiger partial charge >= 0.3 is 34.7 Å². The van der Waals surface area contributed by atoms with Crippen molar-refractivity contribution in [2.24, 2.45) is 23.7 Å². The predicted octanol–water partition coefficient (Wildman–Crippen LogP) is 7.78. The first kappa shape index (κ1) is 64.6. The van der Waals surface area contributed by atoms with E-state index in [1.165, 1.54) is 11.5 Å². The zero-order chi connectivity index (χ0) is 57.0. The minimum atomic E-state index is -1.41. The van der Waals surface area contributed by atoms with Crippen LogP contribution >= 0.6 is 11.6 Å². The molecule has 76 heavy (non-hydrogen) atoms. The van der Waals surface area contributed by atoms with Crippen molar-refractivity contribution in [2.45, 2.75) is 176 Å². The number of unbranched alkanes of at least 4 members (excludes halogenated alkanes) is 6. The summed E-state index contributed by atoms with van der Waals surface area (Å²) >= 11 is 4.90. The van der Waals surface area contributed by atoms with Crippen LogP contribution in [0.15, 0.2) is 33.0 Å². The fourth-order valence-electron chi connectivity index (χ4n) is 7.88. The third kappa shape index (κ3) is 18.8. The summed E-state index contributed by atoms with van der Waals surface area (Å²) in [6.07, 6.45) is 3.74. The number of nitrogens with zero attached hydrogens (tertiary/aromatic N) is 6. The number of nitrogen functional groups attached to an aromatic ring is 1. The van der Waals surface area contributed by atoms with Crippen molar-refractivity contribution >= 4 is 46.7 Å². The number of rotatable bonds is 17. The maximum Gasteiger partial charge on any atom is 0.412 e. The van der Waals surface area contributed by atoms with Crippen LogP contribution in [0.1, 0.15) is 146 Å². The summed E-state index contributed by atoms with van der Waals surface area (Å²) < 4.78 is 75.7. The Morgan fingerprint density at radius 3 is 1.26 bits per heavy atom. The van der Waals surface area contributed by atoms with Crippen molar-refractivity contribution < 1.29 is 66.2 Å². The molecule has 0 unspecified atom stereocenters. The Morgan fingerprint density at radius 2 is 0.921 bits per heavy atom. The maximum atomic E-state index is 14.3. The van der Waals surface area contributed by atoms with E-state index in [-0.39, 0.29) is 49.0 Å². The minimum Gasteiger partial charge on any atom is -0.454 e. The van der Waals surface area contributed by atoms with E-state index in [9.17, 15) is 52.2 Å². The quantitative estimate of drug-likeness (QED) is 0.0489. The van der Waals surface area contributed by atoms with Crippen molar-refractivity contribution in [3.05, 3.63) is 67.5 Å². The SMILES string of the molecule is CCCCCOC(=O)Cl.CCCCCOC(=O)Nc1nc(=O)n([C@@H]2O[C@H](C)[C@@H](C)[C@H]2C)cc1F.CCCCCOC(=O)Nc1nc(=O)n([C@@H]2O[C@H](C)[C@@H](O)[C@H]2O)cc1F.C[C@@H]1[C@H](C)[C@@H](C)O[C@H]1n1cc(F)c(N)nc1=O. The van der Waals surface area contributed by atoms with Gasteiger partial charge in [0.25, 0.3) is 0 Å². The van der Waals surface area contributed by atoms with E-state index < -0.39 is 101 Å². The number of nitrogens with two attached hydrogens (primary N) is 1. The van der Waals surface area contributed by atoms with Gasteiger partial charge in [-0.15, -0.1) is 0 Å². The summed E-state index contributed by atoms with van der Waals surface area (Å²) in [5.41, 5.74) is 2.32. The Balaban J connectivity index is 0.000000282. The Kier molecular flexibility index (Phi) is 26.8. The molecule has 3 aromatic heterocycles. The molecule has 3 aliphatic rings. The molecule has 6 N–H and O–H groups in total. The average Bonchev–Trinajstić information content (AvgIpc) is 3.89. The van der Waals surface area contributed by atoms with Crippen LogP contribution in [0.2, 0.25) is 0 Å². The second kappa shape index (κ2) is 31.5. The van der Waals surface area contributed by atoms with E-state index in [1.54, 1.807) is 0 Å². The molecule has 0 aromatic carbocycles. The summed E-state index contributed by atoms with van der Waals surface area (Å²) in [6.45, 7) is 20.3. The molecule has 0 aliphatic carbocycles. The number of aliphatic hydroxyl groups excluding tert-OH is 2. The first-order valence-electron chi connectivity index (χ1n) is 25.5. The van der Waals surface area contributed by atoms with Gasteiger partial charge in [0.1, 0.15) is 24.7 Å². The van der Waals surface area contributed by atoms with E-state index in [1.807, 2.05) is 55.4 Å². The Labute approximate surface area is 443 Å². The van der Waals surface area contributed by atoms with Gasteiger partial charge < -0.3 is 44.4 Å². The van der Waals surface area contributed by atoms with Crippen molar-refractivity contribution in [1.82, 2.24) is 28.7 Å². The largest absolute Gasteiger partial charge is 0.454 e. The van der Waals surface area contributed by atoms with E-state index in [2.05, 4.69) is 37.2 Å². The van der Waals surface area contributed by atoms with E-state index in [0.717, 1.165) is 79.1 Å². The number of halogens is 4. The molecule has 6 heterocycles. The highest BCUT2D eigenvalue weighted by Crippen LogP contribution is 2.39. The van der Waals surface area contributed by atoms with Crippen LogP contribution in [0.4, 0.5) is 45.0 Å². The molecule has 0 bridgehead atoms. The molecule has 0 spiro atoms. The number of amides is 2. The van der Waals surface area contributed by atoms with Gasteiger partial charge in [0.2, 0.25) is 0 Å². The van der Waals surface area contributed by atoms with Crippen LogP contribution in [0.25, 0.3) is 0 Å². The van der Waals surface area contributed by atoms with Gasteiger partial charge in [0.05, 0.1) is 56.7 Å². The van der Waals surface area contributed by atoms with Gasteiger partial charge in [-0.25, -0.2) is 41.9 Å². The molecule has 428 valence electrons. The van der Waals surface area contributed by atoms with Crippen molar-refractivity contribution in [1.29, 1.82) is 0 Å². The summed E-state index contributed by atoms with van der Waals surface area (Å²) in [5.74, 6) is -3.22. The first-order valence-corrected chi connectivity index (χ1v) is 25.9. The van der Waals surface area contributed by atoms with Crippen LogP contribution in [0.5, 0.6) is 0 Å². The van der Waals surface area contributed by atoms with Crippen LogP contribution in [-0.2, 0) is 28.4 Å². The molecule has 3 fully saturated rings. The van der Waals surface area contributed by atoms with Crippen LogP contribution in [0, 0.1) is 41.1 Å². The normalized spacial score (nSPS) is 25.4. The summed E-state index contributed by atoms with van der Waals surface area (Å²) in [7, 11) is 0. The van der Waals surface area contributed by atoms with Gasteiger partial charge in [-0.3, -0.25) is 24.3 Å². The van der Waals surface area contributed by atoms with Gasteiger partial charge in [0, 0.05) is 23.4 Å². The maximum absolute atomic E-state index is 14.3. The zero-order valence-electron chi connectivity index (χ0n) is 44.7. The fraction of sp³-hybridized carbons (Fsp3) is 0.694. The van der Waals surface area contributed by atoms with E-state index in [4.69, 9.17) is 41.0 Å². The van der Waals surface area contributed by atoms with Crippen LogP contribution < -0.4 is 33.4 Å². The topological polar surface area (TPSA) is 302 Å². The fourth-order valence-corrected chi connectivity index (χ4v) is 7.96. The molecule has 3 aromatic rings. The zero-order valence-corrected chi connectivity index (χ0v) is 45.5. The number of anilines is 3. The number of carbonyl (C=O) groups excluding carboxylic acids is 3. The van der Waals surface area contributed by atoms with Crippen molar-refractivity contribution in [3.8, 4) is 0 Å². The highest BCUT2D eigenvalue weighted by Gasteiger charge is 2.43. The highest BCUT2D eigenvalue weighted by molar-refractivity contribution is 6.61.